The van der Waals surface area contributed by atoms with Crippen LogP contribution in [0.2, 0.25) is 0 Å². The summed E-state index contributed by atoms with van der Waals surface area (Å²) in [5, 5.41) is 40.9. The summed E-state index contributed by atoms with van der Waals surface area (Å²) >= 11 is 0. The molecular weight excluding hydrogens is 360 g/mol. The van der Waals surface area contributed by atoms with Crippen LogP contribution in [0.3, 0.4) is 0 Å². The van der Waals surface area contributed by atoms with Crippen LogP contribution in [0.4, 0.5) is 0 Å². The molecule has 0 fully saturated rings. The van der Waals surface area contributed by atoms with Gasteiger partial charge in [0.15, 0.2) is 0 Å². The van der Waals surface area contributed by atoms with Gasteiger partial charge in [-0.05, 0) is 18.1 Å². The van der Waals surface area contributed by atoms with E-state index in [1.54, 1.807) is 0 Å². The second kappa shape index (κ2) is 9.21. The fraction of sp³-hybridized carbons (Fsp3) is 0.364. The van der Waals surface area contributed by atoms with Crippen LogP contribution in [0.1, 0.15) is 12.5 Å². The van der Waals surface area contributed by atoms with Crippen molar-refractivity contribution in [2.24, 2.45) is 0 Å². The first-order valence-electron chi connectivity index (χ1n) is 9.39. The van der Waals surface area contributed by atoms with Gasteiger partial charge in [-0.1, -0.05) is 43.3 Å². The third-order valence-corrected chi connectivity index (χ3v) is 4.66. The Bertz CT molecular complexity index is 939. The number of ether oxygens (including phenoxy) is 2. The maximum atomic E-state index is 9.74. The van der Waals surface area contributed by atoms with Gasteiger partial charge in [0.05, 0.1) is 13.2 Å². The lowest BCUT2D eigenvalue weighted by Crippen LogP contribution is -2.22. The number of rotatable bonds is 9. The van der Waals surface area contributed by atoms with E-state index >= 15 is 0 Å². The molecule has 0 radical (unpaired) electrons. The van der Waals surface area contributed by atoms with Crippen molar-refractivity contribution in [1.82, 2.24) is 0 Å². The molecule has 0 aliphatic heterocycles. The first kappa shape index (κ1) is 20.4. The maximum Gasteiger partial charge on any atom is 0.135 e. The monoisotopic (exact) mass is 386 g/mol. The molecule has 6 nitrogen and oxygen atoms in total. The third kappa shape index (κ3) is 4.20. The minimum Gasteiger partial charge on any atom is -0.489 e. The Balaban J connectivity index is 2.21. The number of hydrogen-bond donors (Lipinski definition) is 4. The number of hydrogen-bond acceptors (Lipinski definition) is 6. The van der Waals surface area contributed by atoms with Crippen molar-refractivity contribution in [1.29, 1.82) is 0 Å². The molecule has 0 saturated heterocycles. The minimum absolute atomic E-state index is 0.0324. The van der Waals surface area contributed by atoms with E-state index in [1.165, 1.54) is 0 Å². The van der Waals surface area contributed by atoms with Crippen LogP contribution < -0.4 is 9.47 Å². The predicted octanol–water partition coefficient (Wildman–Crippen LogP) is 2.02. The highest BCUT2D eigenvalue weighted by molar-refractivity contribution is 6.11. The number of aliphatic hydroxyl groups excluding tert-OH is 4. The summed E-state index contributed by atoms with van der Waals surface area (Å²) in [4.78, 5) is 0. The highest BCUT2D eigenvalue weighted by Gasteiger charge is 2.18. The lowest BCUT2D eigenvalue weighted by Gasteiger charge is -2.20. The van der Waals surface area contributed by atoms with Crippen LogP contribution in [-0.4, -0.2) is 59.1 Å². The zero-order valence-electron chi connectivity index (χ0n) is 15.8. The number of fused-ring (bicyclic) bond motifs is 2. The minimum atomic E-state index is -0.973. The number of aryl methyl sites for hydroxylation is 1. The van der Waals surface area contributed by atoms with Gasteiger partial charge in [0.2, 0.25) is 0 Å². The van der Waals surface area contributed by atoms with Gasteiger partial charge in [-0.15, -0.1) is 0 Å². The van der Waals surface area contributed by atoms with Crippen molar-refractivity contribution in [3.8, 4) is 11.5 Å². The van der Waals surface area contributed by atoms with E-state index in [0.717, 1.165) is 33.5 Å². The fourth-order valence-corrected chi connectivity index (χ4v) is 3.14. The zero-order valence-corrected chi connectivity index (χ0v) is 15.8. The van der Waals surface area contributed by atoms with Gasteiger partial charge < -0.3 is 29.9 Å². The summed E-state index contributed by atoms with van der Waals surface area (Å²) in [5.74, 6) is 1.22. The van der Waals surface area contributed by atoms with Crippen LogP contribution >= 0.6 is 0 Å². The molecule has 2 unspecified atom stereocenters. The standard InChI is InChI=1S/C22H26O6/c1-2-14-7-8-19-20(9-14)22(28-13-16(26)11-24)18-6-4-3-5-17(18)21(19)27-12-15(25)10-23/h3-9,15-16,23-26H,2,10-13H2,1H3. The van der Waals surface area contributed by atoms with E-state index in [4.69, 9.17) is 19.7 Å². The van der Waals surface area contributed by atoms with Gasteiger partial charge >= 0.3 is 0 Å². The molecular formula is C22H26O6. The van der Waals surface area contributed by atoms with Crippen LogP contribution in [0.15, 0.2) is 42.5 Å². The number of benzene rings is 3. The topological polar surface area (TPSA) is 99.4 Å². The van der Waals surface area contributed by atoms with E-state index in [9.17, 15) is 10.2 Å². The Hall–Kier alpha value is -2.38. The molecule has 0 saturated carbocycles. The molecule has 3 aromatic rings. The lowest BCUT2D eigenvalue weighted by atomic mass is 9.98. The molecule has 0 spiro atoms. The second-order valence-electron chi connectivity index (χ2n) is 6.73. The molecule has 0 aliphatic carbocycles. The van der Waals surface area contributed by atoms with Gasteiger partial charge in [-0.2, -0.15) is 0 Å². The molecule has 6 heteroatoms. The number of aliphatic hydroxyl groups is 4. The SMILES string of the molecule is CCc1ccc2c(OCC(O)CO)c3ccccc3c(OCC(O)CO)c2c1. The lowest BCUT2D eigenvalue weighted by molar-refractivity contribution is 0.0539. The highest BCUT2D eigenvalue weighted by Crippen LogP contribution is 2.43. The Morgan fingerprint density at radius 2 is 1.25 bits per heavy atom. The fourth-order valence-electron chi connectivity index (χ4n) is 3.14. The van der Waals surface area contributed by atoms with Crippen molar-refractivity contribution in [2.45, 2.75) is 25.6 Å². The molecule has 150 valence electrons. The molecule has 0 bridgehead atoms. The molecule has 3 rings (SSSR count). The molecule has 0 amide bonds. The van der Waals surface area contributed by atoms with Gasteiger partial charge in [0, 0.05) is 21.5 Å². The maximum absolute atomic E-state index is 9.74. The summed E-state index contributed by atoms with van der Waals surface area (Å²) in [6, 6.07) is 13.6. The molecule has 3 aromatic carbocycles. The Morgan fingerprint density at radius 1 is 0.750 bits per heavy atom. The molecule has 28 heavy (non-hydrogen) atoms. The second-order valence-corrected chi connectivity index (χ2v) is 6.73. The van der Waals surface area contributed by atoms with E-state index < -0.39 is 12.2 Å². The zero-order chi connectivity index (χ0) is 20.1. The van der Waals surface area contributed by atoms with E-state index in [0.29, 0.717) is 11.5 Å². The van der Waals surface area contributed by atoms with E-state index in [1.807, 2.05) is 42.5 Å². The Morgan fingerprint density at radius 3 is 1.75 bits per heavy atom. The van der Waals surface area contributed by atoms with E-state index in [2.05, 4.69) is 6.92 Å². The molecule has 0 aliphatic rings. The smallest absolute Gasteiger partial charge is 0.135 e. The van der Waals surface area contributed by atoms with Gasteiger partial charge in [0.25, 0.3) is 0 Å². The van der Waals surface area contributed by atoms with Crippen molar-refractivity contribution >= 4 is 21.5 Å². The average Bonchev–Trinajstić information content (AvgIpc) is 2.74. The van der Waals surface area contributed by atoms with Crippen LogP contribution in [0.25, 0.3) is 21.5 Å². The normalized spacial score (nSPS) is 13.6. The molecule has 0 aromatic heterocycles. The summed E-state index contributed by atoms with van der Waals surface area (Å²) in [6.45, 7) is 1.24. The predicted molar refractivity (Wildman–Crippen MR) is 108 cm³/mol. The first-order chi connectivity index (χ1) is 13.6. The van der Waals surface area contributed by atoms with Crippen LogP contribution in [-0.2, 0) is 6.42 Å². The summed E-state index contributed by atoms with van der Waals surface area (Å²) < 4.78 is 11.8. The van der Waals surface area contributed by atoms with E-state index in [-0.39, 0.29) is 26.4 Å². The van der Waals surface area contributed by atoms with Crippen molar-refractivity contribution < 1.29 is 29.9 Å². The molecule has 4 N–H and O–H groups in total. The van der Waals surface area contributed by atoms with Crippen LogP contribution in [0, 0.1) is 0 Å². The summed E-state index contributed by atoms with van der Waals surface area (Å²) in [6.07, 6.45) is -1.10. The van der Waals surface area contributed by atoms with Crippen molar-refractivity contribution in [3.63, 3.8) is 0 Å². The summed E-state index contributed by atoms with van der Waals surface area (Å²) in [5.41, 5.74) is 1.12. The first-order valence-corrected chi connectivity index (χ1v) is 9.39. The van der Waals surface area contributed by atoms with Gasteiger partial charge in [-0.3, -0.25) is 0 Å². The van der Waals surface area contributed by atoms with Crippen LogP contribution in [0.5, 0.6) is 11.5 Å². The largest absolute Gasteiger partial charge is 0.489 e. The Kier molecular flexibility index (Phi) is 6.70. The van der Waals surface area contributed by atoms with Gasteiger partial charge in [-0.25, -0.2) is 0 Å². The van der Waals surface area contributed by atoms with Crippen molar-refractivity contribution in [3.05, 3.63) is 48.0 Å². The third-order valence-electron chi connectivity index (χ3n) is 4.66. The van der Waals surface area contributed by atoms with Crippen molar-refractivity contribution in [2.75, 3.05) is 26.4 Å². The highest BCUT2D eigenvalue weighted by atomic mass is 16.5. The molecule has 0 heterocycles. The molecule has 2 atom stereocenters. The Labute approximate surface area is 163 Å². The quantitative estimate of drug-likeness (QED) is 0.420. The summed E-state index contributed by atoms with van der Waals surface area (Å²) in [7, 11) is 0. The average molecular weight is 386 g/mol. The van der Waals surface area contributed by atoms with Gasteiger partial charge in [0.1, 0.15) is 36.9 Å².